The number of hydrogen-bond acceptors (Lipinski definition) is 4. The topological polar surface area (TPSA) is 49.8 Å². The summed E-state index contributed by atoms with van der Waals surface area (Å²) in [6, 6.07) is 5.92. The van der Waals surface area contributed by atoms with Crippen molar-refractivity contribution >= 4 is 11.0 Å². The third-order valence-corrected chi connectivity index (χ3v) is 3.33. The highest BCUT2D eigenvalue weighted by Crippen LogP contribution is 2.17. The molecular formula is C15H15FN4. The molecule has 0 saturated carbocycles. The van der Waals surface area contributed by atoms with E-state index in [1.807, 2.05) is 18.2 Å². The molecule has 3 rings (SSSR count). The Labute approximate surface area is 116 Å². The van der Waals surface area contributed by atoms with E-state index in [1.165, 1.54) is 0 Å². The maximum Gasteiger partial charge on any atom is 0.124 e. The second-order valence-electron chi connectivity index (χ2n) is 4.70. The predicted molar refractivity (Wildman–Crippen MR) is 76.3 cm³/mol. The minimum Gasteiger partial charge on any atom is -0.383 e. The Morgan fingerprint density at radius 2 is 2.05 bits per heavy atom. The molecule has 1 aliphatic rings. The third-order valence-electron chi connectivity index (χ3n) is 3.33. The van der Waals surface area contributed by atoms with Crippen LogP contribution in [0.1, 0.15) is 12.5 Å². The molecule has 0 atom stereocenters. The van der Waals surface area contributed by atoms with E-state index in [0.717, 1.165) is 22.3 Å². The highest BCUT2D eigenvalue weighted by atomic mass is 19.1. The molecule has 1 aromatic heterocycles. The van der Waals surface area contributed by atoms with Gasteiger partial charge in [-0.15, -0.1) is 0 Å². The van der Waals surface area contributed by atoms with Gasteiger partial charge in [-0.1, -0.05) is 6.07 Å². The van der Waals surface area contributed by atoms with E-state index in [-0.39, 0.29) is 12.4 Å². The lowest BCUT2D eigenvalue weighted by atomic mass is 10.1. The van der Waals surface area contributed by atoms with Crippen LogP contribution in [0.4, 0.5) is 4.39 Å². The largest absolute Gasteiger partial charge is 0.383 e. The fraction of sp³-hybridized carbons (Fsp3) is 0.200. The van der Waals surface area contributed by atoms with Gasteiger partial charge in [0.1, 0.15) is 5.83 Å². The molecule has 20 heavy (non-hydrogen) atoms. The van der Waals surface area contributed by atoms with Crippen molar-refractivity contribution < 1.29 is 4.39 Å². The molecule has 0 fully saturated rings. The molecule has 0 radical (unpaired) electrons. The minimum absolute atomic E-state index is 0.126. The van der Waals surface area contributed by atoms with Crippen LogP contribution < -0.4 is 10.6 Å². The average Bonchev–Trinajstić information content (AvgIpc) is 2.48. The molecule has 0 spiro atoms. The van der Waals surface area contributed by atoms with E-state index in [1.54, 1.807) is 25.5 Å². The van der Waals surface area contributed by atoms with Crippen LogP contribution in [-0.4, -0.2) is 16.5 Å². The number of aromatic nitrogens is 2. The standard InChI is InChI=1S/C15H15FN4/c1-10-12(16)8-17-9-15(10)20-7-11-2-3-13-14(6-11)19-5-4-18-13/h2-6,9,17,20H,7-8H2,1H3. The lowest BCUT2D eigenvalue weighted by Crippen LogP contribution is -2.23. The Hall–Kier alpha value is -2.43. The first-order valence-corrected chi connectivity index (χ1v) is 6.47. The Bertz CT molecular complexity index is 706. The quantitative estimate of drug-likeness (QED) is 0.899. The lowest BCUT2D eigenvalue weighted by molar-refractivity contribution is 0.572. The summed E-state index contributed by atoms with van der Waals surface area (Å²) in [5.74, 6) is -0.126. The summed E-state index contributed by atoms with van der Waals surface area (Å²) in [5.41, 5.74) is 4.26. The van der Waals surface area contributed by atoms with Gasteiger partial charge in [-0.3, -0.25) is 9.97 Å². The summed E-state index contributed by atoms with van der Waals surface area (Å²) in [6.07, 6.45) is 5.16. The van der Waals surface area contributed by atoms with Crippen LogP contribution in [0.15, 0.2) is 53.9 Å². The van der Waals surface area contributed by atoms with Crippen LogP contribution in [0.25, 0.3) is 11.0 Å². The van der Waals surface area contributed by atoms with Crippen LogP contribution >= 0.6 is 0 Å². The first kappa shape index (κ1) is 12.6. The van der Waals surface area contributed by atoms with Crippen LogP contribution in [0.3, 0.4) is 0 Å². The second kappa shape index (κ2) is 5.28. The highest BCUT2D eigenvalue weighted by Gasteiger charge is 2.11. The predicted octanol–water partition coefficient (Wildman–Crippen LogP) is 2.41. The molecule has 0 amide bonds. The lowest BCUT2D eigenvalue weighted by Gasteiger charge is -2.17. The number of allylic oxidation sites excluding steroid dienone is 1. The normalized spacial score (nSPS) is 15.0. The number of hydrogen-bond donors (Lipinski definition) is 2. The Balaban J connectivity index is 1.76. The maximum atomic E-state index is 13.5. The zero-order valence-corrected chi connectivity index (χ0v) is 11.2. The summed E-state index contributed by atoms with van der Waals surface area (Å²) >= 11 is 0. The molecule has 4 nitrogen and oxygen atoms in total. The number of nitrogens with one attached hydrogen (secondary N) is 2. The summed E-state index contributed by atoms with van der Waals surface area (Å²) in [7, 11) is 0. The van der Waals surface area contributed by atoms with Gasteiger partial charge in [-0.25, -0.2) is 4.39 Å². The summed E-state index contributed by atoms with van der Waals surface area (Å²) in [6.45, 7) is 2.66. The van der Waals surface area contributed by atoms with Gasteiger partial charge in [-0.2, -0.15) is 0 Å². The maximum absolute atomic E-state index is 13.5. The first-order valence-electron chi connectivity index (χ1n) is 6.47. The van der Waals surface area contributed by atoms with Gasteiger partial charge in [-0.05, 0) is 24.6 Å². The molecule has 102 valence electrons. The SMILES string of the molecule is CC1=C(F)CNC=C1NCc1ccc2nccnc2c1. The van der Waals surface area contributed by atoms with Gasteiger partial charge in [0.2, 0.25) is 0 Å². The number of dihydropyridines is 1. The molecule has 0 bridgehead atoms. The van der Waals surface area contributed by atoms with Gasteiger partial charge in [0.05, 0.1) is 23.3 Å². The molecule has 0 unspecified atom stereocenters. The number of rotatable bonds is 3. The van der Waals surface area contributed by atoms with Crippen molar-refractivity contribution in [2.45, 2.75) is 13.5 Å². The number of fused-ring (bicyclic) bond motifs is 1. The van der Waals surface area contributed by atoms with Crippen molar-refractivity contribution in [3.63, 3.8) is 0 Å². The molecule has 2 heterocycles. The zero-order valence-electron chi connectivity index (χ0n) is 11.2. The van der Waals surface area contributed by atoms with E-state index in [4.69, 9.17) is 0 Å². The fourth-order valence-corrected chi connectivity index (χ4v) is 2.13. The van der Waals surface area contributed by atoms with Crippen molar-refractivity contribution in [3.8, 4) is 0 Å². The first-order chi connectivity index (χ1) is 9.74. The molecule has 1 aliphatic heterocycles. The zero-order chi connectivity index (χ0) is 13.9. The summed E-state index contributed by atoms with van der Waals surface area (Å²) < 4.78 is 13.5. The monoisotopic (exact) mass is 270 g/mol. The number of benzene rings is 1. The highest BCUT2D eigenvalue weighted by molar-refractivity contribution is 5.74. The molecule has 2 N–H and O–H groups in total. The fourth-order valence-electron chi connectivity index (χ4n) is 2.13. The number of nitrogens with zero attached hydrogens (tertiary/aromatic N) is 2. The van der Waals surface area contributed by atoms with Crippen molar-refractivity contribution in [3.05, 3.63) is 59.5 Å². The van der Waals surface area contributed by atoms with Gasteiger partial charge in [0.15, 0.2) is 0 Å². The van der Waals surface area contributed by atoms with Gasteiger partial charge in [0.25, 0.3) is 0 Å². The van der Waals surface area contributed by atoms with Crippen molar-refractivity contribution in [2.75, 3.05) is 6.54 Å². The Morgan fingerprint density at radius 1 is 1.25 bits per heavy atom. The van der Waals surface area contributed by atoms with E-state index in [2.05, 4.69) is 20.6 Å². The van der Waals surface area contributed by atoms with Crippen LogP contribution in [-0.2, 0) is 6.54 Å². The van der Waals surface area contributed by atoms with Crippen LogP contribution in [0.2, 0.25) is 0 Å². The second-order valence-corrected chi connectivity index (χ2v) is 4.70. The van der Waals surface area contributed by atoms with Crippen LogP contribution in [0.5, 0.6) is 0 Å². The molecule has 0 saturated heterocycles. The minimum atomic E-state index is -0.126. The van der Waals surface area contributed by atoms with Gasteiger partial charge < -0.3 is 10.6 Å². The molecule has 0 aliphatic carbocycles. The Kier molecular flexibility index (Phi) is 3.33. The Morgan fingerprint density at radius 3 is 2.90 bits per heavy atom. The van der Waals surface area contributed by atoms with E-state index in [0.29, 0.717) is 12.1 Å². The molecule has 2 aromatic rings. The van der Waals surface area contributed by atoms with Crippen molar-refractivity contribution in [1.82, 2.24) is 20.6 Å². The van der Waals surface area contributed by atoms with Gasteiger partial charge in [0, 0.05) is 30.7 Å². The van der Waals surface area contributed by atoms with Crippen molar-refractivity contribution in [1.29, 1.82) is 0 Å². The van der Waals surface area contributed by atoms with E-state index >= 15 is 0 Å². The smallest absolute Gasteiger partial charge is 0.124 e. The van der Waals surface area contributed by atoms with E-state index < -0.39 is 0 Å². The molecule has 1 aromatic carbocycles. The molecule has 5 heteroatoms. The van der Waals surface area contributed by atoms with E-state index in [9.17, 15) is 4.39 Å². The third kappa shape index (κ3) is 2.47. The summed E-state index contributed by atoms with van der Waals surface area (Å²) in [4.78, 5) is 8.51. The van der Waals surface area contributed by atoms with Crippen LogP contribution in [0, 0.1) is 0 Å². The van der Waals surface area contributed by atoms with Crippen molar-refractivity contribution in [2.24, 2.45) is 0 Å². The molecular weight excluding hydrogens is 255 g/mol. The average molecular weight is 270 g/mol. The summed E-state index contributed by atoms with van der Waals surface area (Å²) in [5, 5.41) is 6.14. The number of halogens is 1. The van der Waals surface area contributed by atoms with Gasteiger partial charge >= 0.3 is 0 Å².